The summed E-state index contributed by atoms with van der Waals surface area (Å²) in [5.41, 5.74) is 5.02. The lowest BCUT2D eigenvalue weighted by Gasteiger charge is -2.15. The predicted molar refractivity (Wildman–Crippen MR) is 121 cm³/mol. The van der Waals surface area contributed by atoms with Crippen molar-refractivity contribution in [1.82, 2.24) is 24.7 Å². The van der Waals surface area contributed by atoms with E-state index in [2.05, 4.69) is 39.3 Å². The number of hydrogen-bond donors (Lipinski definition) is 1. The molecule has 0 spiro atoms. The molecule has 3 aromatic heterocycles. The van der Waals surface area contributed by atoms with Crippen LogP contribution in [0.5, 0.6) is 5.88 Å². The first-order valence-corrected chi connectivity index (χ1v) is 10.4. The minimum atomic E-state index is -0.252. The van der Waals surface area contributed by atoms with E-state index in [9.17, 15) is 4.39 Å². The van der Waals surface area contributed by atoms with Crippen LogP contribution in [-0.4, -0.2) is 31.8 Å². The van der Waals surface area contributed by atoms with Gasteiger partial charge < -0.3 is 14.6 Å². The number of methoxy groups -OCH3 is 1. The number of benzene rings is 1. The minimum Gasteiger partial charge on any atom is -0.479 e. The standard InChI is InChI=1S/C24H25FN6O/c1-15(2)19-11-21(29-30-23(19)26-12-17-5-7-18(25)8-6-17)20-9-10-22(24(28-20)32-4)31-13-16(3)27-14-31/h5-11,13-15H,12H2,1-4H3,(H,26,30). The van der Waals surface area contributed by atoms with Gasteiger partial charge in [0.25, 0.3) is 0 Å². The topological polar surface area (TPSA) is 77.8 Å². The number of nitrogens with one attached hydrogen (secondary N) is 1. The summed E-state index contributed by atoms with van der Waals surface area (Å²) in [4.78, 5) is 8.91. The Hall–Kier alpha value is -3.81. The molecule has 1 N–H and O–H groups in total. The number of pyridine rings is 1. The highest BCUT2D eigenvalue weighted by Gasteiger charge is 2.15. The van der Waals surface area contributed by atoms with E-state index >= 15 is 0 Å². The van der Waals surface area contributed by atoms with Gasteiger partial charge in [0.2, 0.25) is 5.88 Å². The second-order valence-corrected chi connectivity index (χ2v) is 7.82. The lowest BCUT2D eigenvalue weighted by atomic mass is 10.0. The van der Waals surface area contributed by atoms with Crippen molar-refractivity contribution >= 4 is 5.82 Å². The van der Waals surface area contributed by atoms with Gasteiger partial charge in [-0.2, -0.15) is 0 Å². The van der Waals surface area contributed by atoms with Crippen LogP contribution in [0.2, 0.25) is 0 Å². The minimum absolute atomic E-state index is 0.218. The summed E-state index contributed by atoms with van der Waals surface area (Å²) in [5, 5.41) is 12.1. The van der Waals surface area contributed by atoms with Crippen LogP contribution in [-0.2, 0) is 6.54 Å². The van der Waals surface area contributed by atoms with E-state index < -0.39 is 0 Å². The molecule has 0 aliphatic rings. The van der Waals surface area contributed by atoms with E-state index in [4.69, 9.17) is 4.74 Å². The third-order valence-corrected chi connectivity index (χ3v) is 5.10. The number of halogens is 1. The molecule has 0 aliphatic carbocycles. The summed E-state index contributed by atoms with van der Waals surface area (Å²) in [7, 11) is 1.59. The van der Waals surface area contributed by atoms with Gasteiger partial charge in [-0.15, -0.1) is 10.2 Å². The van der Waals surface area contributed by atoms with Crippen LogP contribution >= 0.6 is 0 Å². The molecule has 3 heterocycles. The van der Waals surface area contributed by atoms with Crippen molar-refractivity contribution in [1.29, 1.82) is 0 Å². The van der Waals surface area contributed by atoms with Gasteiger partial charge in [-0.25, -0.2) is 14.4 Å². The second-order valence-electron chi connectivity index (χ2n) is 7.82. The fourth-order valence-electron chi connectivity index (χ4n) is 3.37. The molecule has 164 valence electrons. The molecule has 8 heteroatoms. The Morgan fingerprint density at radius 1 is 1.06 bits per heavy atom. The maximum atomic E-state index is 13.1. The first-order chi connectivity index (χ1) is 15.4. The quantitative estimate of drug-likeness (QED) is 0.447. The van der Waals surface area contributed by atoms with Crippen molar-refractivity contribution in [3.63, 3.8) is 0 Å². The molecular formula is C24H25FN6O. The lowest BCUT2D eigenvalue weighted by molar-refractivity contribution is 0.396. The van der Waals surface area contributed by atoms with Crippen LogP contribution in [0.1, 0.15) is 36.6 Å². The molecule has 0 radical (unpaired) electrons. The Bertz CT molecular complexity index is 1220. The predicted octanol–water partition coefficient (Wildman–Crippen LogP) is 4.92. The zero-order valence-electron chi connectivity index (χ0n) is 18.5. The van der Waals surface area contributed by atoms with Crippen LogP contribution in [0.3, 0.4) is 0 Å². The molecule has 4 rings (SSSR count). The zero-order chi connectivity index (χ0) is 22.7. The van der Waals surface area contributed by atoms with Crippen molar-refractivity contribution in [3.8, 4) is 23.0 Å². The van der Waals surface area contributed by atoms with Gasteiger partial charge in [-0.3, -0.25) is 0 Å². The molecular weight excluding hydrogens is 407 g/mol. The molecule has 4 aromatic rings. The van der Waals surface area contributed by atoms with Crippen LogP contribution in [0.4, 0.5) is 10.2 Å². The number of ether oxygens (including phenoxy) is 1. The van der Waals surface area contributed by atoms with E-state index in [1.807, 2.05) is 35.9 Å². The highest BCUT2D eigenvalue weighted by Crippen LogP contribution is 2.29. The largest absolute Gasteiger partial charge is 0.479 e. The van der Waals surface area contributed by atoms with Gasteiger partial charge in [0, 0.05) is 18.3 Å². The van der Waals surface area contributed by atoms with Crippen molar-refractivity contribution < 1.29 is 9.13 Å². The molecule has 0 aliphatic heterocycles. The Kier molecular flexibility index (Phi) is 6.11. The van der Waals surface area contributed by atoms with Crippen molar-refractivity contribution in [2.45, 2.75) is 33.2 Å². The van der Waals surface area contributed by atoms with Gasteiger partial charge in [0.15, 0.2) is 5.82 Å². The molecule has 0 unspecified atom stereocenters. The lowest BCUT2D eigenvalue weighted by Crippen LogP contribution is -2.08. The molecule has 0 fully saturated rings. The van der Waals surface area contributed by atoms with Gasteiger partial charge in [0.05, 0.1) is 24.8 Å². The highest BCUT2D eigenvalue weighted by atomic mass is 19.1. The van der Waals surface area contributed by atoms with Crippen LogP contribution in [0.25, 0.3) is 17.1 Å². The van der Waals surface area contributed by atoms with E-state index in [0.29, 0.717) is 29.6 Å². The average Bonchev–Trinajstić information content (AvgIpc) is 3.24. The number of hydrogen-bond acceptors (Lipinski definition) is 6. The number of anilines is 1. The molecule has 0 bridgehead atoms. The third kappa shape index (κ3) is 4.59. The second kappa shape index (κ2) is 9.13. The van der Waals surface area contributed by atoms with Crippen LogP contribution in [0, 0.1) is 12.7 Å². The Labute approximate surface area is 186 Å². The Balaban J connectivity index is 1.62. The van der Waals surface area contributed by atoms with E-state index in [1.54, 1.807) is 25.6 Å². The summed E-state index contributed by atoms with van der Waals surface area (Å²) in [6, 6.07) is 12.2. The Morgan fingerprint density at radius 2 is 1.84 bits per heavy atom. The molecule has 0 saturated heterocycles. The summed E-state index contributed by atoms with van der Waals surface area (Å²) in [6.45, 7) is 6.66. The van der Waals surface area contributed by atoms with Crippen LogP contribution in [0.15, 0.2) is 55.0 Å². The number of aromatic nitrogens is 5. The summed E-state index contributed by atoms with van der Waals surface area (Å²) in [5.74, 6) is 1.14. The third-order valence-electron chi connectivity index (χ3n) is 5.10. The monoisotopic (exact) mass is 432 g/mol. The van der Waals surface area contributed by atoms with Gasteiger partial charge in [-0.05, 0) is 48.7 Å². The number of imidazole rings is 1. The van der Waals surface area contributed by atoms with Gasteiger partial charge in [0.1, 0.15) is 17.2 Å². The Morgan fingerprint density at radius 3 is 2.50 bits per heavy atom. The average molecular weight is 433 g/mol. The molecule has 7 nitrogen and oxygen atoms in total. The van der Waals surface area contributed by atoms with Crippen molar-refractivity contribution in [2.75, 3.05) is 12.4 Å². The molecule has 32 heavy (non-hydrogen) atoms. The SMILES string of the molecule is COc1nc(-c2cc(C(C)C)c(NCc3ccc(F)cc3)nn2)ccc1-n1cnc(C)c1. The van der Waals surface area contributed by atoms with Crippen molar-refractivity contribution in [2.24, 2.45) is 0 Å². The number of aryl methyl sites for hydroxylation is 1. The van der Waals surface area contributed by atoms with E-state index in [-0.39, 0.29) is 11.7 Å². The number of nitrogens with zero attached hydrogens (tertiary/aromatic N) is 5. The molecule has 1 aromatic carbocycles. The maximum Gasteiger partial charge on any atom is 0.238 e. The van der Waals surface area contributed by atoms with E-state index in [0.717, 1.165) is 22.5 Å². The van der Waals surface area contributed by atoms with E-state index in [1.165, 1.54) is 12.1 Å². The fraction of sp³-hybridized carbons (Fsp3) is 0.250. The summed E-state index contributed by atoms with van der Waals surface area (Å²) < 4.78 is 20.5. The smallest absolute Gasteiger partial charge is 0.238 e. The van der Waals surface area contributed by atoms with Gasteiger partial charge in [-0.1, -0.05) is 26.0 Å². The zero-order valence-corrected chi connectivity index (χ0v) is 18.5. The molecule has 0 saturated carbocycles. The maximum absolute atomic E-state index is 13.1. The van der Waals surface area contributed by atoms with Crippen molar-refractivity contribution in [3.05, 3.63) is 77.6 Å². The fourth-order valence-corrected chi connectivity index (χ4v) is 3.37. The summed E-state index contributed by atoms with van der Waals surface area (Å²) >= 11 is 0. The van der Waals surface area contributed by atoms with Gasteiger partial charge >= 0.3 is 0 Å². The number of rotatable bonds is 7. The first-order valence-electron chi connectivity index (χ1n) is 10.4. The first kappa shape index (κ1) is 21.4. The normalized spacial score (nSPS) is 11.1. The van der Waals surface area contributed by atoms with Crippen LogP contribution < -0.4 is 10.1 Å². The molecule has 0 amide bonds. The molecule has 0 atom stereocenters. The summed E-state index contributed by atoms with van der Waals surface area (Å²) in [6.07, 6.45) is 3.64. The highest BCUT2D eigenvalue weighted by molar-refractivity contribution is 5.61.